The van der Waals surface area contributed by atoms with Crippen LogP contribution in [-0.4, -0.2) is 29.3 Å². The molecule has 0 bridgehead atoms. The molecular weight excluding hydrogens is 495 g/mol. The highest BCUT2D eigenvalue weighted by molar-refractivity contribution is 9.10. The van der Waals surface area contributed by atoms with Crippen LogP contribution in [0.3, 0.4) is 0 Å². The minimum Gasteiger partial charge on any atom is -0.405 e. The number of carbonyl (C=O) groups is 1. The fraction of sp³-hybridized carbons (Fsp3) is 0.389. The third-order valence-electron chi connectivity index (χ3n) is 4.47. The Morgan fingerprint density at radius 1 is 1.20 bits per heavy atom. The lowest BCUT2D eigenvalue weighted by Crippen LogP contribution is -2.46. The maximum atomic E-state index is 14.8. The first-order valence-corrected chi connectivity index (χ1v) is 10.4. The Kier molecular flexibility index (Phi) is 8.03. The molecule has 0 unspecified atom stereocenters. The van der Waals surface area contributed by atoms with Crippen molar-refractivity contribution in [3.63, 3.8) is 0 Å². The number of nitrogens with zero attached hydrogens (tertiary/aromatic N) is 1. The number of likely N-dealkylation sites (tertiary alicyclic amines) is 1. The van der Waals surface area contributed by atoms with E-state index >= 15 is 0 Å². The van der Waals surface area contributed by atoms with E-state index < -0.39 is 28.9 Å². The predicted molar refractivity (Wildman–Crippen MR) is 108 cm³/mol. The topological polar surface area (TPSA) is 84.4 Å². The molecule has 0 aliphatic carbocycles. The summed E-state index contributed by atoms with van der Waals surface area (Å²) in [6.45, 7) is 0.204. The smallest absolute Gasteiger partial charge is 0.405 e. The number of benzene rings is 1. The van der Waals surface area contributed by atoms with Crippen LogP contribution in [0.1, 0.15) is 18.4 Å². The van der Waals surface area contributed by atoms with Gasteiger partial charge >= 0.3 is 17.5 Å². The molecule has 0 radical (unpaired) electrons. The molecule has 2 amide bonds. The number of carbonyl (C=O) groups excluding carboxylic acids is 1. The molecule has 1 heterocycles. The van der Waals surface area contributed by atoms with Crippen molar-refractivity contribution >= 4 is 33.7 Å². The van der Waals surface area contributed by atoms with Gasteiger partial charge in [0.25, 0.3) is 0 Å². The van der Waals surface area contributed by atoms with Crippen LogP contribution in [0.4, 0.5) is 26.7 Å². The summed E-state index contributed by atoms with van der Waals surface area (Å²) >= 11 is 3.16. The van der Waals surface area contributed by atoms with Crippen molar-refractivity contribution in [1.29, 1.82) is 0 Å². The average Bonchev–Trinajstić information content (AvgIpc) is 2.68. The van der Waals surface area contributed by atoms with Crippen molar-refractivity contribution in [2.45, 2.75) is 29.2 Å². The molecule has 30 heavy (non-hydrogen) atoms. The Morgan fingerprint density at radius 3 is 2.33 bits per heavy atom. The highest BCUT2D eigenvalue weighted by Gasteiger charge is 2.43. The second-order valence-electron chi connectivity index (χ2n) is 6.48. The van der Waals surface area contributed by atoms with Crippen molar-refractivity contribution in [1.82, 2.24) is 10.2 Å². The number of nitrogens with one attached hydrogen (secondary N) is 1. The van der Waals surface area contributed by atoms with E-state index in [1.807, 2.05) is 0 Å². The number of rotatable bonds is 5. The third-order valence-corrected chi connectivity index (χ3v) is 6.57. The van der Waals surface area contributed by atoms with Crippen LogP contribution < -0.4 is 16.8 Å². The molecule has 1 fully saturated rings. The molecule has 0 spiro atoms. The number of allylic oxidation sites excluding steroid dienone is 1. The number of piperidine rings is 1. The highest BCUT2D eigenvalue weighted by Crippen LogP contribution is 2.48. The summed E-state index contributed by atoms with van der Waals surface area (Å²) in [7, 11) is 0. The summed E-state index contributed by atoms with van der Waals surface area (Å²) in [5, 5.41) is -0.692. The van der Waals surface area contributed by atoms with Gasteiger partial charge in [0.1, 0.15) is 0 Å². The van der Waals surface area contributed by atoms with E-state index in [0.717, 1.165) is 24.4 Å². The molecule has 12 heteroatoms. The standard InChI is InChI=1S/C18H20BrF5N4OS/c19-14-9-12(17(20,21)22)1-2-15(14)30-18(23,24)11-4-7-28(8-5-11)16(29)27-13(10-26)3-6-25/h1-3,6,9-11H,4-5,7-8,25-26H2,(H,27,29)/b6-3-,13-10+. The first-order chi connectivity index (χ1) is 14.0. The number of amides is 2. The van der Waals surface area contributed by atoms with Gasteiger partial charge in [-0.1, -0.05) is 11.8 Å². The molecule has 1 aliphatic heterocycles. The zero-order chi connectivity index (χ0) is 22.5. The number of halogens is 6. The van der Waals surface area contributed by atoms with E-state index in [4.69, 9.17) is 11.5 Å². The van der Waals surface area contributed by atoms with Crippen molar-refractivity contribution in [2.75, 3.05) is 13.1 Å². The fourth-order valence-electron chi connectivity index (χ4n) is 2.85. The van der Waals surface area contributed by atoms with E-state index in [-0.39, 0.29) is 52.8 Å². The van der Waals surface area contributed by atoms with Gasteiger partial charge in [0.15, 0.2) is 0 Å². The number of hydrogen-bond acceptors (Lipinski definition) is 4. The maximum absolute atomic E-state index is 14.8. The lowest BCUT2D eigenvalue weighted by Gasteiger charge is -2.35. The van der Waals surface area contributed by atoms with Crippen molar-refractivity contribution < 1.29 is 26.7 Å². The molecule has 1 aliphatic rings. The maximum Gasteiger partial charge on any atom is 0.416 e. The second kappa shape index (κ2) is 9.90. The van der Waals surface area contributed by atoms with Crippen LogP contribution in [-0.2, 0) is 6.18 Å². The molecule has 0 atom stereocenters. The Bertz CT molecular complexity index is 823. The van der Waals surface area contributed by atoms with Crippen LogP contribution in [0.25, 0.3) is 0 Å². The number of urea groups is 1. The van der Waals surface area contributed by atoms with Crippen LogP contribution >= 0.6 is 27.7 Å². The molecule has 5 N–H and O–H groups in total. The van der Waals surface area contributed by atoms with E-state index in [2.05, 4.69) is 21.2 Å². The van der Waals surface area contributed by atoms with Gasteiger partial charge in [0.2, 0.25) is 0 Å². The normalized spacial score (nSPS) is 16.9. The second-order valence-corrected chi connectivity index (χ2v) is 8.52. The minimum absolute atomic E-state index is 0.0134. The Morgan fingerprint density at radius 2 is 1.83 bits per heavy atom. The first kappa shape index (κ1) is 24.3. The van der Waals surface area contributed by atoms with E-state index in [0.29, 0.717) is 0 Å². The lowest BCUT2D eigenvalue weighted by atomic mass is 9.97. The quantitative estimate of drug-likeness (QED) is 0.298. The molecule has 1 aromatic carbocycles. The van der Waals surface area contributed by atoms with Crippen molar-refractivity contribution in [3.8, 4) is 0 Å². The minimum atomic E-state index is -4.56. The number of thioether (sulfide) groups is 1. The Hall–Kier alpha value is -1.95. The molecule has 166 valence electrons. The molecule has 1 saturated heterocycles. The summed E-state index contributed by atoms with van der Waals surface area (Å²) in [6.07, 6.45) is -0.735. The zero-order valence-corrected chi connectivity index (χ0v) is 18.0. The molecule has 1 aromatic rings. The van der Waals surface area contributed by atoms with Crippen molar-refractivity contribution in [3.05, 3.63) is 52.4 Å². The van der Waals surface area contributed by atoms with Crippen LogP contribution in [0, 0.1) is 5.92 Å². The van der Waals surface area contributed by atoms with Gasteiger partial charge in [-0.2, -0.15) is 22.0 Å². The van der Waals surface area contributed by atoms with Gasteiger partial charge in [-0.3, -0.25) is 0 Å². The SMILES string of the molecule is N/C=C\C(=C/N)NC(=O)N1CCC(C(F)(F)Sc2ccc(C(F)(F)F)cc2Br)CC1. The van der Waals surface area contributed by atoms with Gasteiger partial charge < -0.3 is 21.7 Å². The summed E-state index contributed by atoms with van der Waals surface area (Å²) in [5.74, 6) is -1.03. The van der Waals surface area contributed by atoms with Gasteiger partial charge in [-0.05, 0) is 59.2 Å². The number of hydrogen-bond donors (Lipinski definition) is 3. The third kappa shape index (κ3) is 6.27. The van der Waals surface area contributed by atoms with E-state index in [1.165, 1.54) is 17.2 Å². The molecule has 0 aromatic heterocycles. The summed E-state index contributed by atoms with van der Waals surface area (Å²) in [4.78, 5) is 13.6. The fourth-order valence-corrected chi connectivity index (χ4v) is 4.46. The first-order valence-electron chi connectivity index (χ1n) is 8.77. The van der Waals surface area contributed by atoms with Gasteiger partial charge in [0.05, 0.1) is 11.3 Å². The molecule has 2 rings (SSSR count). The Balaban J connectivity index is 1.98. The number of nitrogens with two attached hydrogens (primary N) is 2. The van der Waals surface area contributed by atoms with Crippen LogP contribution in [0.15, 0.2) is 51.7 Å². The monoisotopic (exact) mass is 514 g/mol. The van der Waals surface area contributed by atoms with Crippen LogP contribution in [0.5, 0.6) is 0 Å². The van der Waals surface area contributed by atoms with Gasteiger partial charge in [0, 0.05) is 34.6 Å². The highest BCUT2D eigenvalue weighted by atomic mass is 79.9. The molecule has 0 saturated carbocycles. The predicted octanol–water partition coefficient (Wildman–Crippen LogP) is 4.85. The summed E-state index contributed by atoms with van der Waals surface area (Å²) < 4.78 is 67.7. The number of alkyl halides is 5. The van der Waals surface area contributed by atoms with E-state index in [1.54, 1.807) is 0 Å². The van der Waals surface area contributed by atoms with Gasteiger partial charge in [-0.15, -0.1) is 0 Å². The zero-order valence-electron chi connectivity index (χ0n) is 15.6. The summed E-state index contributed by atoms with van der Waals surface area (Å²) in [5.41, 5.74) is 9.96. The summed E-state index contributed by atoms with van der Waals surface area (Å²) in [6, 6.07) is 2.10. The van der Waals surface area contributed by atoms with E-state index in [9.17, 15) is 26.7 Å². The van der Waals surface area contributed by atoms with Crippen molar-refractivity contribution in [2.24, 2.45) is 17.4 Å². The van der Waals surface area contributed by atoms with Crippen LogP contribution in [0.2, 0.25) is 0 Å². The average molecular weight is 515 g/mol. The Labute approximate surface area is 182 Å². The largest absolute Gasteiger partial charge is 0.416 e. The van der Waals surface area contributed by atoms with Gasteiger partial charge in [-0.25, -0.2) is 4.79 Å². The lowest BCUT2D eigenvalue weighted by molar-refractivity contribution is -0.137. The molecule has 5 nitrogen and oxygen atoms in total. The molecular formula is C18H20BrF5N4OS.